The zero-order valence-electron chi connectivity index (χ0n) is 10.4. The van der Waals surface area contributed by atoms with Crippen molar-refractivity contribution in [1.82, 2.24) is 14.8 Å². The van der Waals surface area contributed by atoms with Crippen molar-refractivity contribution >= 4 is 15.9 Å². The third kappa shape index (κ3) is 2.41. The minimum Gasteiger partial charge on any atom is -0.233 e. The van der Waals surface area contributed by atoms with Gasteiger partial charge in [0.2, 0.25) is 0 Å². The summed E-state index contributed by atoms with van der Waals surface area (Å²) >= 11 is 3.46. The second-order valence-corrected chi connectivity index (χ2v) is 4.84. The summed E-state index contributed by atoms with van der Waals surface area (Å²) in [6.07, 6.45) is 1.92. The van der Waals surface area contributed by atoms with Crippen molar-refractivity contribution in [3.05, 3.63) is 39.8 Å². The molecule has 2 aromatic rings. The smallest absolute Gasteiger partial charge is 0.153 e. The first-order valence-electron chi connectivity index (χ1n) is 5.87. The molecule has 0 aliphatic rings. The lowest BCUT2D eigenvalue weighted by molar-refractivity contribution is 0.768. The lowest BCUT2D eigenvalue weighted by Gasteiger charge is -2.06. The standard InChI is InChI=1S/C13H16BrN3/c1-4-10-8-11(5-2)17(16-10)13-7-6-12(14)9(3)15-13/h6-8H,4-5H2,1-3H3. The molecule has 3 nitrogen and oxygen atoms in total. The molecular formula is C13H16BrN3. The fourth-order valence-electron chi connectivity index (χ4n) is 1.75. The molecule has 0 amide bonds. The van der Waals surface area contributed by atoms with Gasteiger partial charge in [-0.15, -0.1) is 0 Å². The summed E-state index contributed by atoms with van der Waals surface area (Å²) in [6.45, 7) is 6.24. The summed E-state index contributed by atoms with van der Waals surface area (Å²) in [6, 6.07) is 6.16. The molecule has 0 saturated heterocycles. The van der Waals surface area contributed by atoms with Crippen LogP contribution in [0.5, 0.6) is 0 Å². The number of aromatic nitrogens is 3. The van der Waals surface area contributed by atoms with Gasteiger partial charge >= 0.3 is 0 Å². The maximum absolute atomic E-state index is 4.58. The molecule has 0 spiro atoms. The predicted octanol–water partition coefficient (Wildman–Crippen LogP) is 3.46. The average Bonchev–Trinajstić information content (AvgIpc) is 2.76. The van der Waals surface area contributed by atoms with Gasteiger partial charge in [-0.2, -0.15) is 5.10 Å². The molecule has 90 valence electrons. The van der Waals surface area contributed by atoms with Gasteiger partial charge in [0.1, 0.15) is 0 Å². The van der Waals surface area contributed by atoms with Crippen LogP contribution < -0.4 is 0 Å². The Morgan fingerprint density at radius 3 is 2.59 bits per heavy atom. The maximum atomic E-state index is 4.58. The van der Waals surface area contributed by atoms with Crippen LogP contribution in [-0.4, -0.2) is 14.8 Å². The number of halogens is 1. The second-order valence-electron chi connectivity index (χ2n) is 3.98. The highest BCUT2D eigenvalue weighted by atomic mass is 79.9. The van der Waals surface area contributed by atoms with E-state index in [0.717, 1.165) is 34.5 Å². The summed E-state index contributed by atoms with van der Waals surface area (Å²) < 4.78 is 2.97. The van der Waals surface area contributed by atoms with E-state index in [2.05, 4.69) is 45.9 Å². The zero-order valence-corrected chi connectivity index (χ0v) is 12.0. The van der Waals surface area contributed by atoms with E-state index < -0.39 is 0 Å². The maximum Gasteiger partial charge on any atom is 0.153 e. The average molecular weight is 294 g/mol. The van der Waals surface area contributed by atoms with E-state index in [1.54, 1.807) is 0 Å². The molecule has 17 heavy (non-hydrogen) atoms. The van der Waals surface area contributed by atoms with Crippen molar-refractivity contribution in [2.24, 2.45) is 0 Å². The molecule has 0 saturated carbocycles. The molecular weight excluding hydrogens is 278 g/mol. The Bertz CT molecular complexity index is 531. The first kappa shape index (κ1) is 12.3. The van der Waals surface area contributed by atoms with Crippen molar-refractivity contribution in [2.75, 3.05) is 0 Å². The minimum atomic E-state index is 0.891. The van der Waals surface area contributed by atoms with Crippen LogP contribution in [0, 0.1) is 6.92 Å². The summed E-state index contributed by atoms with van der Waals surface area (Å²) in [5.41, 5.74) is 3.30. The third-order valence-electron chi connectivity index (χ3n) is 2.78. The van der Waals surface area contributed by atoms with E-state index >= 15 is 0 Å². The van der Waals surface area contributed by atoms with Crippen molar-refractivity contribution in [1.29, 1.82) is 0 Å². The molecule has 0 fully saturated rings. The van der Waals surface area contributed by atoms with Gasteiger partial charge in [0.05, 0.1) is 11.4 Å². The molecule has 0 unspecified atom stereocenters. The third-order valence-corrected chi connectivity index (χ3v) is 3.62. The van der Waals surface area contributed by atoms with E-state index in [-0.39, 0.29) is 0 Å². The van der Waals surface area contributed by atoms with E-state index in [1.165, 1.54) is 5.69 Å². The molecule has 0 aromatic carbocycles. The lowest BCUT2D eigenvalue weighted by Crippen LogP contribution is -2.04. The van der Waals surface area contributed by atoms with Crippen LogP contribution in [0.25, 0.3) is 5.82 Å². The Hall–Kier alpha value is -1.16. The van der Waals surface area contributed by atoms with Crippen molar-refractivity contribution in [3.8, 4) is 5.82 Å². The van der Waals surface area contributed by atoms with Gasteiger partial charge in [-0.25, -0.2) is 9.67 Å². The largest absolute Gasteiger partial charge is 0.233 e. The van der Waals surface area contributed by atoms with Gasteiger partial charge in [0, 0.05) is 10.2 Å². The molecule has 0 bridgehead atoms. The van der Waals surface area contributed by atoms with Crippen LogP contribution in [0.1, 0.15) is 30.9 Å². The molecule has 0 aliphatic carbocycles. The highest BCUT2D eigenvalue weighted by molar-refractivity contribution is 9.10. The van der Waals surface area contributed by atoms with Gasteiger partial charge in [-0.1, -0.05) is 13.8 Å². The Labute approximate surface area is 110 Å². The van der Waals surface area contributed by atoms with Crippen molar-refractivity contribution < 1.29 is 0 Å². The molecule has 0 radical (unpaired) electrons. The molecule has 0 aliphatic heterocycles. The Morgan fingerprint density at radius 1 is 1.24 bits per heavy atom. The Kier molecular flexibility index (Phi) is 3.62. The highest BCUT2D eigenvalue weighted by Crippen LogP contribution is 2.18. The zero-order chi connectivity index (χ0) is 12.4. The molecule has 4 heteroatoms. The molecule has 2 rings (SSSR count). The molecule has 2 aromatic heterocycles. The summed E-state index contributed by atoms with van der Waals surface area (Å²) in [5, 5.41) is 4.58. The number of aryl methyl sites for hydroxylation is 3. The lowest BCUT2D eigenvalue weighted by atomic mass is 10.2. The fourth-order valence-corrected chi connectivity index (χ4v) is 1.97. The predicted molar refractivity (Wildman–Crippen MR) is 72.6 cm³/mol. The normalized spacial score (nSPS) is 10.8. The second kappa shape index (κ2) is 5.00. The molecule has 2 heterocycles. The van der Waals surface area contributed by atoms with Crippen LogP contribution in [0.4, 0.5) is 0 Å². The summed E-state index contributed by atoms with van der Waals surface area (Å²) in [7, 11) is 0. The van der Waals surface area contributed by atoms with Gasteiger partial charge < -0.3 is 0 Å². The number of nitrogens with zero attached hydrogens (tertiary/aromatic N) is 3. The highest BCUT2D eigenvalue weighted by Gasteiger charge is 2.09. The topological polar surface area (TPSA) is 30.7 Å². The van der Waals surface area contributed by atoms with Crippen molar-refractivity contribution in [3.63, 3.8) is 0 Å². The van der Waals surface area contributed by atoms with Crippen LogP contribution >= 0.6 is 15.9 Å². The number of rotatable bonds is 3. The number of pyridine rings is 1. The van der Waals surface area contributed by atoms with Crippen LogP contribution in [0.15, 0.2) is 22.7 Å². The first-order chi connectivity index (χ1) is 8.15. The molecule has 0 atom stereocenters. The number of hydrogen-bond acceptors (Lipinski definition) is 2. The first-order valence-corrected chi connectivity index (χ1v) is 6.66. The van der Waals surface area contributed by atoms with Gasteiger partial charge in [0.25, 0.3) is 0 Å². The van der Waals surface area contributed by atoms with Crippen LogP contribution in [0.2, 0.25) is 0 Å². The monoisotopic (exact) mass is 293 g/mol. The quantitative estimate of drug-likeness (QED) is 0.868. The van der Waals surface area contributed by atoms with Crippen molar-refractivity contribution in [2.45, 2.75) is 33.6 Å². The van der Waals surface area contributed by atoms with Crippen LogP contribution in [0.3, 0.4) is 0 Å². The summed E-state index contributed by atoms with van der Waals surface area (Å²) in [5.74, 6) is 0.891. The summed E-state index contributed by atoms with van der Waals surface area (Å²) in [4.78, 5) is 4.55. The Morgan fingerprint density at radius 2 is 2.00 bits per heavy atom. The van der Waals surface area contributed by atoms with E-state index in [1.807, 2.05) is 23.7 Å². The van der Waals surface area contributed by atoms with E-state index in [0.29, 0.717) is 0 Å². The fraction of sp³-hybridized carbons (Fsp3) is 0.385. The van der Waals surface area contributed by atoms with Gasteiger partial charge in [0.15, 0.2) is 5.82 Å². The minimum absolute atomic E-state index is 0.891. The Balaban J connectivity index is 2.51. The van der Waals surface area contributed by atoms with E-state index in [9.17, 15) is 0 Å². The number of hydrogen-bond donors (Lipinski definition) is 0. The molecule has 0 N–H and O–H groups in total. The van der Waals surface area contributed by atoms with Gasteiger partial charge in [-0.3, -0.25) is 0 Å². The SMILES string of the molecule is CCc1cc(CC)n(-c2ccc(Br)c(C)n2)n1. The van der Waals surface area contributed by atoms with Crippen LogP contribution in [-0.2, 0) is 12.8 Å². The van der Waals surface area contributed by atoms with Gasteiger partial charge in [-0.05, 0) is 53.9 Å². The van der Waals surface area contributed by atoms with E-state index in [4.69, 9.17) is 0 Å².